The van der Waals surface area contributed by atoms with E-state index >= 15 is 0 Å². The molecule has 0 aliphatic heterocycles. The zero-order valence-electron chi connectivity index (χ0n) is 11.5. The van der Waals surface area contributed by atoms with Crippen molar-refractivity contribution in [2.45, 2.75) is 13.5 Å². The second-order valence-corrected chi connectivity index (χ2v) is 4.65. The van der Waals surface area contributed by atoms with Crippen LogP contribution in [-0.4, -0.2) is 17.0 Å². The maximum Gasteiger partial charge on any atom is 0.338 e. The lowest BCUT2D eigenvalue weighted by molar-refractivity contribution is 0.0471. The van der Waals surface area contributed by atoms with Crippen molar-refractivity contribution in [3.8, 4) is 0 Å². The smallest absolute Gasteiger partial charge is 0.338 e. The summed E-state index contributed by atoms with van der Waals surface area (Å²) in [6.07, 6.45) is 0. The zero-order valence-corrected chi connectivity index (χ0v) is 11.5. The average Bonchev–Trinajstić information content (AvgIpc) is 2.45. The van der Waals surface area contributed by atoms with Crippen LogP contribution in [0, 0.1) is 6.92 Å². The van der Waals surface area contributed by atoms with Gasteiger partial charge in [-0.25, -0.2) is 9.59 Å². The predicted molar refractivity (Wildman–Crippen MR) is 78.1 cm³/mol. The molecule has 5 nitrogen and oxygen atoms in total. The van der Waals surface area contributed by atoms with Crippen molar-refractivity contribution in [2.24, 2.45) is 0 Å². The van der Waals surface area contributed by atoms with E-state index in [2.05, 4.69) is 0 Å². The maximum atomic E-state index is 12.0. The van der Waals surface area contributed by atoms with Crippen LogP contribution in [0.5, 0.6) is 0 Å². The monoisotopic (exact) mass is 285 g/mol. The summed E-state index contributed by atoms with van der Waals surface area (Å²) < 4.78 is 5.21. The number of esters is 1. The summed E-state index contributed by atoms with van der Waals surface area (Å²) in [5, 5.41) is 8.80. The fourth-order valence-corrected chi connectivity index (χ4v) is 1.89. The van der Waals surface area contributed by atoms with Crippen LogP contribution in [0.15, 0.2) is 42.5 Å². The van der Waals surface area contributed by atoms with Gasteiger partial charge in [0.05, 0.1) is 11.1 Å². The number of carboxylic acid groups (broad SMARTS) is 1. The molecule has 0 spiro atoms. The molecule has 0 saturated heterocycles. The Kier molecular flexibility index (Phi) is 4.23. The second kappa shape index (κ2) is 6.09. The minimum absolute atomic E-state index is 0.0859. The molecule has 2 rings (SSSR count). The third kappa shape index (κ3) is 3.60. The molecular formula is C16H15NO4. The first-order valence-corrected chi connectivity index (χ1v) is 6.33. The molecule has 0 aromatic heterocycles. The first-order valence-electron chi connectivity index (χ1n) is 6.33. The minimum atomic E-state index is -0.990. The lowest BCUT2D eigenvalue weighted by Crippen LogP contribution is -2.07. The molecule has 0 radical (unpaired) electrons. The predicted octanol–water partition coefficient (Wildman–Crippen LogP) is 2.63. The van der Waals surface area contributed by atoms with E-state index < -0.39 is 11.9 Å². The van der Waals surface area contributed by atoms with Crippen LogP contribution in [0.2, 0.25) is 0 Å². The summed E-state index contributed by atoms with van der Waals surface area (Å²) >= 11 is 0. The Morgan fingerprint density at radius 3 is 2.38 bits per heavy atom. The van der Waals surface area contributed by atoms with Gasteiger partial charge in [-0.15, -0.1) is 0 Å². The average molecular weight is 285 g/mol. The van der Waals surface area contributed by atoms with Gasteiger partial charge in [-0.05, 0) is 48.4 Å². The van der Waals surface area contributed by atoms with Gasteiger partial charge >= 0.3 is 11.9 Å². The third-order valence-corrected chi connectivity index (χ3v) is 3.04. The van der Waals surface area contributed by atoms with E-state index in [-0.39, 0.29) is 12.2 Å². The highest BCUT2D eigenvalue weighted by Crippen LogP contribution is 2.14. The molecule has 0 heterocycles. The molecule has 0 bridgehead atoms. The molecule has 0 fully saturated rings. The maximum absolute atomic E-state index is 12.0. The summed E-state index contributed by atoms with van der Waals surface area (Å²) in [6.45, 7) is 1.87. The lowest BCUT2D eigenvalue weighted by atomic mass is 10.1. The molecule has 0 aliphatic carbocycles. The van der Waals surface area contributed by atoms with Gasteiger partial charge in [0.1, 0.15) is 6.61 Å². The molecule has 0 unspecified atom stereocenters. The number of hydrogen-bond donors (Lipinski definition) is 2. The normalized spacial score (nSPS) is 10.1. The van der Waals surface area contributed by atoms with Gasteiger partial charge in [0.2, 0.25) is 0 Å². The number of nitrogen functional groups attached to an aromatic ring is 1. The number of aryl methyl sites for hydroxylation is 1. The molecule has 3 N–H and O–H groups in total. The summed E-state index contributed by atoms with van der Waals surface area (Å²) in [4.78, 5) is 22.7. The number of carboxylic acids is 1. The van der Waals surface area contributed by atoms with Crippen LogP contribution in [0.3, 0.4) is 0 Å². The van der Waals surface area contributed by atoms with E-state index in [0.717, 1.165) is 11.1 Å². The highest BCUT2D eigenvalue weighted by Gasteiger charge is 2.11. The van der Waals surface area contributed by atoms with Gasteiger partial charge in [0.25, 0.3) is 0 Å². The number of benzene rings is 2. The van der Waals surface area contributed by atoms with Gasteiger partial charge in [0.15, 0.2) is 0 Å². The molecule has 0 amide bonds. The van der Waals surface area contributed by atoms with Crippen LogP contribution >= 0.6 is 0 Å². The quantitative estimate of drug-likeness (QED) is 0.665. The van der Waals surface area contributed by atoms with Gasteiger partial charge < -0.3 is 15.6 Å². The van der Waals surface area contributed by atoms with Crippen LogP contribution < -0.4 is 5.73 Å². The fraction of sp³-hybridized carbons (Fsp3) is 0.125. The van der Waals surface area contributed by atoms with Crippen molar-refractivity contribution in [3.63, 3.8) is 0 Å². The summed E-state index contributed by atoms with van der Waals surface area (Å²) in [7, 11) is 0. The van der Waals surface area contributed by atoms with Crippen LogP contribution in [0.25, 0.3) is 0 Å². The molecule has 5 heteroatoms. The SMILES string of the molecule is Cc1cc(N)ccc1C(=O)OCc1ccc(C(=O)O)cc1. The van der Waals surface area contributed by atoms with E-state index in [4.69, 9.17) is 15.6 Å². The number of carbonyl (C=O) groups is 2. The van der Waals surface area contributed by atoms with Crippen LogP contribution in [-0.2, 0) is 11.3 Å². The number of nitrogens with two attached hydrogens (primary N) is 1. The van der Waals surface area contributed by atoms with Gasteiger partial charge in [-0.3, -0.25) is 0 Å². The van der Waals surface area contributed by atoms with E-state index in [1.165, 1.54) is 12.1 Å². The Bertz CT molecular complexity index is 677. The standard InChI is InChI=1S/C16H15NO4/c1-10-8-13(17)6-7-14(10)16(20)21-9-11-2-4-12(5-3-11)15(18)19/h2-8H,9,17H2,1H3,(H,18,19). The number of anilines is 1. The summed E-state index contributed by atoms with van der Waals surface area (Å²) in [6, 6.07) is 11.2. The largest absolute Gasteiger partial charge is 0.478 e. The molecule has 2 aromatic carbocycles. The Morgan fingerprint density at radius 1 is 1.14 bits per heavy atom. The number of rotatable bonds is 4. The first-order chi connectivity index (χ1) is 9.97. The molecule has 0 saturated carbocycles. The summed E-state index contributed by atoms with van der Waals surface area (Å²) in [5.41, 5.74) is 8.36. The molecule has 2 aromatic rings. The van der Waals surface area contributed by atoms with Gasteiger partial charge in [-0.1, -0.05) is 12.1 Å². The summed E-state index contributed by atoms with van der Waals surface area (Å²) in [5.74, 6) is -1.43. The third-order valence-electron chi connectivity index (χ3n) is 3.04. The number of carbonyl (C=O) groups excluding carboxylic acids is 1. The second-order valence-electron chi connectivity index (χ2n) is 4.65. The van der Waals surface area contributed by atoms with Crippen molar-refractivity contribution in [2.75, 3.05) is 5.73 Å². The van der Waals surface area contributed by atoms with E-state index in [1.807, 2.05) is 0 Å². The van der Waals surface area contributed by atoms with Gasteiger partial charge in [0, 0.05) is 5.69 Å². The number of ether oxygens (including phenoxy) is 1. The fourth-order valence-electron chi connectivity index (χ4n) is 1.89. The molecule has 0 aliphatic rings. The highest BCUT2D eigenvalue weighted by molar-refractivity contribution is 5.91. The van der Waals surface area contributed by atoms with Crippen molar-refractivity contribution < 1.29 is 19.4 Å². The number of hydrogen-bond acceptors (Lipinski definition) is 4. The molecule has 0 atom stereocenters. The topological polar surface area (TPSA) is 89.6 Å². The lowest BCUT2D eigenvalue weighted by Gasteiger charge is -2.08. The first kappa shape index (κ1) is 14.6. The minimum Gasteiger partial charge on any atom is -0.478 e. The van der Waals surface area contributed by atoms with Crippen LogP contribution in [0.4, 0.5) is 5.69 Å². The van der Waals surface area contributed by atoms with E-state index in [1.54, 1.807) is 37.3 Å². The van der Waals surface area contributed by atoms with E-state index in [9.17, 15) is 9.59 Å². The highest BCUT2D eigenvalue weighted by atomic mass is 16.5. The van der Waals surface area contributed by atoms with Crippen molar-refractivity contribution in [3.05, 3.63) is 64.7 Å². The molecule has 108 valence electrons. The Labute approximate surface area is 122 Å². The number of aromatic carboxylic acids is 1. The van der Waals surface area contributed by atoms with Crippen molar-refractivity contribution in [1.82, 2.24) is 0 Å². The van der Waals surface area contributed by atoms with Crippen molar-refractivity contribution in [1.29, 1.82) is 0 Å². The van der Waals surface area contributed by atoms with Gasteiger partial charge in [-0.2, -0.15) is 0 Å². The van der Waals surface area contributed by atoms with E-state index in [0.29, 0.717) is 11.3 Å². The molecular weight excluding hydrogens is 270 g/mol. The Balaban J connectivity index is 2.02. The van der Waals surface area contributed by atoms with Crippen molar-refractivity contribution >= 4 is 17.6 Å². The Hall–Kier alpha value is -2.82. The molecule has 21 heavy (non-hydrogen) atoms. The van der Waals surface area contributed by atoms with Crippen LogP contribution in [0.1, 0.15) is 31.8 Å². The zero-order chi connectivity index (χ0) is 15.4. The Morgan fingerprint density at radius 2 is 1.81 bits per heavy atom.